The molecule has 0 spiro atoms. The predicted molar refractivity (Wildman–Crippen MR) is 76.7 cm³/mol. The Morgan fingerprint density at radius 3 is 2.38 bits per heavy atom. The second-order valence-corrected chi connectivity index (χ2v) is 7.85. The second kappa shape index (κ2) is 5.35. The fourth-order valence-corrected chi connectivity index (χ4v) is 3.75. The molecule has 0 aliphatic carbocycles. The molecule has 0 aromatic heterocycles. The second-order valence-electron chi connectivity index (χ2n) is 5.83. The molecule has 116 valence electrons. The van der Waals surface area contributed by atoms with Gasteiger partial charge in [-0.15, -0.1) is 0 Å². The molecule has 0 amide bonds. The van der Waals surface area contributed by atoms with Gasteiger partial charge in [-0.2, -0.15) is 0 Å². The van der Waals surface area contributed by atoms with Crippen molar-refractivity contribution in [3.8, 4) is 0 Å². The number of aliphatic hydroxyl groups is 1. The van der Waals surface area contributed by atoms with Crippen molar-refractivity contribution in [2.45, 2.75) is 29.4 Å². The summed E-state index contributed by atoms with van der Waals surface area (Å²) in [7, 11) is -3.21. The van der Waals surface area contributed by atoms with E-state index in [1.54, 1.807) is 24.3 Å². The first-order chi connectivity index (χ1) is 9.97. The lowest BCUT2D eigenvalue weighted by Gasteiger charge is -2.22. The first kappa shape index (κ1) is 15.0. The van der Waals surface area contributed by atoms with Gasteiger partial charge in [0.2, 0.25) is 0 Å². The molecule has 2 fully saturated rings. The monoisotopic (exact) mass is 312 g/mol. The van der Waals surface area contributed by atoms with Gasteiger partial charge in [0, 0.05) is 19.5 Å². The van der Waals surface area contributed by atoms with E-state index in [1.165, 1.54) is 6.26 Å². The lowest BCUT2D eigenvalue weighted by Crippen LogP contribution is -2.27. The number of hydrogen-bond donors (Lipinski definition) is 1. The van der Waals surface area contributed by atoms with E-state index in [4.69, 9.17) is 9.47 Å². The van der Waals surface area contributed by atoms with Gasteiger partial charge in [-0.05, 0) is 36.5 Å². The van der Waals surface area contributed by atoms with E-state index < -0.39 is 15.4 Å². The molecule has 2 aliphatic heterocycles. The summed E-state index contributed by atoms with van der Waals surface area (Å²) in [5, 5.41) is 9.77. The molecule has 2 heterocycles. The van der Waals surface area contributed by atoms with Crippen molar-refractivity contribution in [2.75, 3.05) is 26.1 Å². The SMILES string of the molecule is CS(=O)(=O)c1ccc(C2(CO)OC2C2CCOCC2)cc1. The van der Waals surface area contributed by atoms with Crippen LogP contribution in [0.1, 0.15) is 18.4 Å². The lowest BCUT2D eigenvalue weighted by molar-refractivity contribution is 0.0571. The minimum absolute atomic E-state index is 0.00418. The number of ether oxygens (including phenoxy) is 2. The molecule has 1 aromatic carbocycles. The molecule has 0 saturated carbocycles. The molecule has 5 nitrogen and oxygen atoms in total. The van der Waals surface area contributed by atoms with Gasteiger partial charge in [-0.1, -0.05) is 12.1 Å². The van der Waals surface area contributed by atoms with Crippen molar-refractivity contribution < 1.29 is 23.0 Å². The standard InChI is InChI=1S/C15H20O5S/c1-21(17,18)13-4-2-12(3-5-13)15(10-16)14(20-15)11-6-8-19-9-7-11/h2-5,11,14,16H,6-10H2,1H3. The van der Waals surface area contributed by atoms with Crippen LogP contribution in [0.4, 0.5) is 0 Å². The third-order valence-corrected chi connectivity index (χ3v) is 5.57. The van der Waals surface area contributed by atoms with Crippen molar-refractivity contribution >= 4 is 9.84 Å². The highest BCUT2D eigenvalue weighted by molar-refractivity contribution is 7.90. The maximum Gasteiger partial charge on any atom is 0.175 e. The highest BCUT2D eigenvalue weighted by atomic mass is 32.2. The fraction of sp³-hybridized carbons (Fsp3) is 0.600. The summed E-state index contributed by atoms with van der Waals surface area (Å²) in [6, 6.07) is 6.63. The van der Waals surface area contributed by atoms with Crippen LogP contribution in [-0.2, 0) is 24.9 Å². The predicted octanol–water partition coefficient (Wildman–Crippen LogP) is 1.10. The normalized spacial score (nSPS) is 30.3. The largest absolute Gasteiger partial charge is 0.393 e. The van der Waals surface area contributed by atoms with Gasteiger partial charge in [0.25, 0.3) is 0 Å². The van der Waals surface area contributed by atoms with Crippen LogP contribution >= 0.6 is 0 Å². The zero-order valence-corrected chi connectivity index (χ0v) is 12.8. The van der Waals surface area contributed by atoms with Crippen molar-refractivity contribution in [2.24, 2.45) is 5.92 Å². The number of aliphatic hydroxyl groups excluding tert-OH is 1. The summed E-state index contributed by atoms with van der Waals surface area (Å²) >= 11 is 0. The Hall–Kier alpha value is -0.950. The zero-order valence-electron chi connectivity index (χ0n) is 12.0. The number of sulfone groups is 1. The van der Waals surface area contributed by atoms with Gasteiger partial charge in [0.1, 0.15) is 5.60 Å². The average molecular weight is 312 g/mol. The average Bonchev–Trinajstić information content (AvgIpc) is 3.23. The first-order valence-corrected chi connectivity index (χ1v) is 9.03. The molecule has 2 atom stereocenters. The Labute approximate surface area is 124 Å². The Balaban J connectivity index is 1.81. The van der Waals surface area contributed by atoms with Crippen LogP contribution in [0.3, 0.4) is 0 Å². The molecular weight excluding hydrogens is 292 g/mol. The molecule has 3 rings (SSSR count). The summed E-state index contributed by atoms with van der Waals surface area (Å²) in [6.07, 6.45) is 3.06. The Kier molecular flexibility index (Phi) is 3.81. The molecule has 0 radical (unpaired) electrons. The Morgan fingerprint density at radius 2 is 1.86 bits per heavy atom. The quantitative estimate of drug-likeness (QED) is 0.843. The lowest BCUT2D eigenvalue weighted by atomic mass is 9.85. The van der Waals surface area contributed by atoms with Crippen molar-refractivity contribution in [3.63, 3.8) is 0 Å². The van der Waals surface area contributed by atoms with Crippen molar-refractivity contribution in [1.29, 1.82) is 0 Å². The number of benzene rings is 1. The van der Waals surface area contributed by atoms with Crippen molar-refractivity contribution in [3.05, 3.63) is 29.8 Å². The van der Waals surface area contributed by atoms with Gasteiger partial charge in [-0.25, -0.2) is 8.42 Å². The smallest absolute Gasteiger partial charge is 0.175 e. The Morgan fingerprint density at radius 1 is 1.24 bits per heavy atom. The van der Waals surface area contributed by atoms with E-state index in [-0.39, 0.29) is 17.6 Å². The number of hydrogen-bond acceptors (Lipinski definition) is 5. The van der Waals surface area contributed by atoms with Gasteiger partial charge in [0.15, 0.2) is 9.84 Å². The molecule has 1 N–H and O–H groups in total. The van der Waals surface area contributed by atoms with Gasteiger partial charge < -0.3 is 14.6 Å². The minimum atomic E-state index is -3.21. The summed E-state index contributed by atoms with van der Waals surface area (Å²) in [5.41, 5.74) is 0.173. The van der Waals surface area contributed by atoms with E-state index >= 15 is 0 Å². The van der Waals surface area contributed by atoms with Crippen LogP contribution in [0, 0.1) is 5.92 Å². The minimum Gasteiger partial charge on any atom is -0.393 e. The van der Waals surface area contributed by atoms with Gasteiger partial charge in [-0.3, -0.25) is 0 Å². The summed E-state index contributed by atoms with van der Waals surface area (Å²) in [6.45, 7) is 1.38. The summed E-state index contributed by atoms with van der Waals surface area (Å²) < 4.78 is 34.2. The first-order valence-electron chi connectivity index (χ1n) is 7.14. The molecule has 1 aromatic rings. The number of rotatable bonds is 4. The highest BCUT2D eigenvalue weighted by Crippen LogP contribution is 2.51. The molecule has 2 aliphatic rings. The zero-order chi connectivity index (χ0) is 15.1. The maximum atomic E-state index is 11.5. The Bertz CT molecular complexity index is 603. The van der Waals surface area contributed by atoms with Crippen LogP contribution in [0.5, 0.6) is 0 Å². The van der Waals surface area contributed by atoms with E-state index in [1.807, 2.05) is 0 Å². The molecular formula is C15H20O5S. The summed E-state index contributed by atoms with van der Waals surface area (Å²) in [4.78, 5) is 0.280. The third kappa shape index (κ3) is 2.73. The van der Waals surface area contributed by atoms with Crippen molar-refractivity contribution in [1.82, 2.24) is 0 Å². The van der Waals surface area contributed by atoms with Gasteiger partial charge >= 0.3 is 0 Å². The van der Waals surface area contributed by atoms with E-state index in [0.29, 0.717) is 5.92 Å². The van der Waals surface area contributed by atoms with Crippen LogP contribution in [-0.4, -0.2) is 45.7 Å². The van der Waals surface area contributed by atoms with Crippen LogP contribution in [0.2, 0.25) is 0 Å². The molecule has 2 saturated heterocycles. The fourth-order valence-electron chi connectivity index (χ4n) is 3.12. The van der Waals surface area contributed by atoms with Crippen LogP contribution in [0.25, 0.3) is 0 Å². The van der Waals surface area contributed by atoms with Gasteiger partial charge in [0.05, 0.1) is 17.6 Å². The molecule has 21 heavy (non-hydrogen) atoms. The topological polar surface area (TPSA) is 76.1 Å². The summed E-state index contributed by atoms with van der Waals surface area (Å²) in [5.74, 6) is 0.389. The molecule has 6 heteroatoms. The van der Waals surface area contributed by atoms with E-state index in [9.17, 15) is 13.5 Å². The molecule has 0 bridgehead atoms. The van der Waals surface area contributed by atoms with E-state index in [0.717, 1.165) is 31.6 Å². The third-order valence-electron chi connectivity index (χ3n) is 4.44. The maximum absolute atomic E-state index is 11.5. The van der Waals surface area contributed by atoms with Crippen LogP contribution < -0.4 is 0 Å². The molecule has 2 unspecified atom stereocenters. The van der Waals surface area contributed by atoms with E-state index in [2.05, 4.69) is 0 Å². The van der Waals surface area contributed by atoms with Crippen LogP contribution in [0.15, 0.2) is 29.2 Å². The number of epoxide rings is 1. The highest BCUT2D eigenvalue weighted by Gasteiger charge is 2.60.